The minimum Gasteiger partial charge on any atom is -0.469 e. The highest BCUT2D eigenvalue weighted by Gasteiger charge is 1.99. The summed E-state index contributed by atoms with van der Waals surface area (Å²) in [6, 6.07) is 0. The third-order valence-electron chi connectivity index (χ3n) is 1.99. The van der Waals surface area contributed by atoms with Gasteiger partial charge in [0.25, 0.3) is 0 Å². The summed E-state index contributed by atoms with van der Waals surface area (Å²) in [5.74, 6) is 3.02. The molecule has 6 heteroatoms. The molecule has 5 nitrogen and oxygen atoms in total. The van der Waals surface area contributed by atoms with E-state index in [0.29, 0.717) is 25.5 Å². The standard InChI is InChI=1S/C12H21N3O2.HI/c1-4-9-14-12(13-5-2)15-10-7-6-8-11(16)17-3;/h1H,5-10H2,2-3H3,(H2,13,14,15);1H. The number of rotatable bonds is 7. The fourth-order valence-corrected chi connectivity index (χ4v) is 1.15. The minimum absolute atomic E-state index is 0. The van der Waals surface area contributed by atoms with Gasteiger partial charge in [-0.1, -0.05) is 5.92 Å². The first-order chi connectivity index (χ1) is 8.24. The highest BCUT2D eigenvalue weighted by molar-refractivity contribution is 14.0. The van der Waals surface area contributed by atoms with Crippen LogP contribution in [0, 0.1) is 12.3 Å². The first-order valence-electron chi connectivity index (χ1n) is 5.77. The van der Waals surface area contributed by atoms with Crippen molar-refractivity contribution in [3.05, 3.63) is 0 Å². The maximum Gasteiger partial charge on any atom is 0.305 e. The third-order valence-corrected chi connectivity index (χ3v) is 1.99. The molecule has 0 atom stereocenters. The lowest BCUT2D eigenvalue weighted by Gasteiger charge is -2.08. The Hall–Kier alpha value is -0.970. The van der Waals surface area contributed by atoms with E-state index in [1.54, 1.807) is 0 Å². The lowest BCUT2D eigenvalue weighted by Crippen LogP contribution is -2.37. The molecule has 0 aliphatic carbocycles. The van der Waals surface area contributed by atoms with Crippen LogP contribution in [0.2, 0.25) is 0 Å². The molecule has 0 rings (SSSR count). The number of hydrogen-bond donors (Lipinski definition) is 2. The second kappa shape index (κ2) is 14.1. The number of carbonyl (C=O) groups is 1. The highest BCUT2D eigenvalue weighted by Crippen LogP contribution is 1.97. The largest absolute Gasteiger partial charge is 0.469 e. The van der Waals surface area contributed by atoms with Crippen molar-refractivity contribution < 1.29 is 9.53 Å². The van der Waals surface area contributed by atoms with Crippen LogP contribution < -0.4 is 10.6 Å². The summed E-state index contributed by atoms with van der Waals surface area (Å²) in [7, 11) is 1.40. The highest BCUT2D eigenvalue weighted by atomic mass is 127. The molecule has 0 aromatic carbocycles. The Morgan fingerprint density at radius 2 is 2.11 bits per heavy atom. The Kier molecular flexibility index (Phi) is 15.2. The van der Waals surface area contributed by atoms with Gasteiger partial charge in [0, 0.05) is 19.5 Å². The number of halogens is 1. The van der Waals surface area contributed by atoms with Gasteiger partial charge in [0.15, 0.2) is 5.96 Å². The number of nitrogens with one attached hydrogen (secondary N) is 2. The van der Waals surface area contributed by atoms with Crippen molar-refractivity contribution in [3.8, 4) is 12.3 Å². The van der Waals surface area contributed by atoms with Gasteiger partial charge in [-0.25, -0.2) is 0 Å². The Balaban J connectivity index is 0. The SMILES string of the molecule is C#CCNC(=NCCCCC(=O)OC)NCC.I. The summed E-state index contributed by atoms with van der Waals surface area (Å²) in [6.45, 7) is 3.90. The zero-order valence-electron chi connectivity index (χ0n) is 11.0. The summed E-state index contributed by atoms with van der Waals surface area (Å²) in [6.07, 6.45) is 7.23. The van der Waals surface area contributed by atoms with E-state index in [1.807, 2.05) is 6.92 Å². The van der Waals surface area contributed by atoms with E-state index in [9.17, 15) is 4.79 Å². The molecule has 18 heavy (non-hydrogen) atoms. The molecule has 0 saturated heterocycles. The molecule has 0 heterocycles. The van der Waals surface area contributed by atoms with Crippen molar-refractivity contribution in [2.24, 2.45) is 4.99 Å². The molecule has 104 valence electrons. The van der Waals surface area contributed by atoms with Gasteiger partial charge in [0.05, 0.1) is 13.7 Å². The van der Waals surface area contributed by atoms with E-state index in [0.717, 1.165) is 19.4 Å². The number of guanidine groups is 1. The molecule has 0 aromatic rings. The van der Waals surface area contributed by atoms with Crippen LogP contribution >= 0.6 is 24.0 Å². The number of esters is 1. The van der Waals surface area contributed by atoms with Gasteiger partial charge in [0.1, 0.15) is 0 Å². The summed E-state index contributed by atoms with van der Waals surface area (Å²) in [5, 5.41) is 6.07. The first-order valence-corrected chi connectivity index (χ1v) is 5.77. The van der Waals surface area contributed by atoms with Crippen molar-refractivity contribution in [3.63, 3.8) is 0 Å². The smallest absolute Gasteiger partial charge is 0.305 e. The fourth-order valence-electron chi connectivity index (χ4n) is 1.15. The van der Waals surface area contributed by atoms with Crippen LogP contribution in [-0.2, 0) is 9.53 Å². The first kappa shape index (κ1) is 19.4. The van der Waals surface area contributed by atoms with Gasteiger partial charge in [0.2, 0.25) is 0 Å². The van der Waals surface area contributed by atoms with Crippen LogP contribution in [0.25, 0.3) is 0 Å². The normalized spacial score (nSPS) is 9.94. The maximum atomic E-state index is 10.8. The summed E-state index contributed by atoms with van der Waals surface area (Å²) < 4.78 is 4.55. The number of terminal acetylenes is 1. The van der Waals surface area contributed by atoms with Crippen LogP contribution in [0.1, 0.15) is 26.2 Å². The lowest BCUT2D eigenvalue weighted by atomic mass is 10.2. The number of nitrogens with zero attached hydrogens (tertiary/aromatic N) is 1. The second-order valence-corrected chi connectivity index (χ2v) is 3.35. The number of hydrogen-bond acceptors (Lipinski definition) is 3. The van der Waals surface area contributed by atoms with Gasteiger partial charge in [-0.05, 0) is 19.8 Å². The van der Waals surface area contributed by atoms with E-state index in [-0.39, 0.29) is 29.9 Å². The molecule has 0 aliphatic heterocycles. The van der Waals surface area contributed by atoms with Crippen LogP contribution in [0.4, 0.5) is 0 Å². The van der Waals surface area contributed by atoms with Gasteiger partial charge >= 0.3 is 5.97 Å². The van der Waals surface area contributed by atoms with Crippen molar-refractivity contribution in [2.75, 3.05) is 26.7 Å². The molecule has 0 aliphatic rings. The predicted molar refractivity (Wildman–Crippen MR) is 84.1 cm³/mol. The zero-order valence-corrected chi connectivity index (χ0v) is 13.3. The van der Waals surface area contributed by atoms with Gasteiger partial charge in [-0.15, -0.1) is 30.4 Å². The van der Waals surface area contributed by atoms with E-state index in [4.69, 9.17) is 6.42 Å². The molecule has 0 unspecified atom stereocenters. The second-order valence-electron chi connectivity index (χ2n) is 3.35. The van der Waals surface area contributed by atoms with Crippen LogP contribution in [-0.4, -0.2) is 38.7 Å². The molecular formula is C12H22IN3O2. The van der Waals surface area contributed by atoms with Crippen LogP contribution in [0.15, 0.2) is 4.99 Å². The lowest BCUT2D eigenvalue weighted by molar-refractivity contribution is -0.140. The molecule has 0 aromatic heterocycles. The van der Waals surface area contributed by atoms with Crippen molar-refractivity contribution in [1.82, 2.24) is 10.6 Å². The quantitative estimate of drug-likeness (QED) is 0.177. The zero-order chi connectivity index (χ0) is 12.9. The number of unbranched alkanes of at least 4 members (excludes halogenated alkanes) is 1. The minimum atomic E-state index is -0.175. The average molecular weight is 367 g/mol. The summed E-state index contributed by atoms with van der Waals surface area (Å²) in [4.78, 5) is 15.2. The Morgan fingerprint density at radius 3 is 2.67 bits per heavy atom. The molecule has 0 radical (unpaired) electrons. The van der Waals surface area contributed by atoms with Gasteiger partial charge < -0.3 is 15.4 Å². The van der Waals surface area contributed by atoms with Crippen LogP contribution in [0.5, 0.6) is 0 Å². The predicted octanol–water partition coefficient (Wildman–Crippen LogP) is 1.14. The Labute approximate surface area is 126 Å². The maximum absolute atomic E-state index is 10.8. The van der Waals surface area contributed by atoms with E-state index >= 15 is 0 Å². The van der Waals surface area contributed by atoms with E-state index < -0.39 is 0 Å². The van der Waals surface area contributed by atoms with Crippen molar-refractivity contribution >= 4 is 35.9 Å². The molecule has 0 bridgehead atoms. The third kappa shape index (κ3) is 11.5. The summed E-state index contributed by atoms with van der Waals surface area (Å²) in [5.41, 5.74) is 0. The average Bonchev–Trinajstić information content (AvgIpc) is 2.34. The topological polar surface area (TPSA) is 62.7 Å². The number of carbonyl (C=O) groups excluding carboxylic acids is 1. The van der Waals surface area contributed by atoms with E-state index in [1.165, 1.54) is 7.11 Å². The Morgan fingerprint density at radius 1 is 1.39 bits per heavy atom. The molecule has 0 fully saturated rings. The molecule has 0 saturated carbocycles. The van der Waals surface area contributed by atoms with Crippen LogP contribution in [0.3, 0.4) is 0 Å². The fraction of sp³-hybridized carbons (Fsp3) is 0.667. The Bertz CT molecular complexity index is 288. The summed E-state index contributed by atoms with van der Waals surface area (Å²) >= 11 is 0. The number of ether oxygens (including phenoxy) is 1. The van der Waals surface area contributed by atoms with Crippen molar-refractivity contribution in [1.29, 1.82) is 0 Å². The molecule has 0 spiro atoms. The number of aliphatic imine (C=N–C) groups is 1. The number of methoxy groups -OCH3 is 1. The molecular weight excluding hydrogens is 345 g/mol. The monoisotopic (exact) mass is 367 g/mol. The molecule has 0 amide bonds. The van der Waals surface area contributed by atoms with E-state index in [2.05, 4.69) is 26.3 Å². The molecule has 2 N–H and O–H groups in total. The van der Waals surface area contributed by atoms with Gasteiger partial charge in [-0.3, -0.25) is 9.79 Å². The van der Waals surface area contributed by atoms with Gasteiger partial charge in [-0.2, -0.15) is 0 Å². The van der Waals surface area contributed by atoms with Crippen molar-refractivity contribution in [2.45, 2.75) is 26.2 Å².